The van der Waals surface area contributed by atoms with E-state index >= 15 is 0 Å². The van der Waals surface area contributed by atoms with Crippen molar-refractivity contribution in [1.29, 1.82) is 0 Å². The number of carbonyl (C=O) groups excluding carboxylic acids is 1. The number of aliphatic carboxylic acids is 1. The summed E-state index contributed by atoms with van der Waals surface area (Å²) in [4.78, 5) is 22.7. The van der Waals surface area contributed by atoms with E-state index in [1.165, 1.54) is 12.8 Å². The number of aliphatic hydroxyl groups is 3. The summed E-state index contributed by atoms with van der Waals surface area (Å²) in [7, 11) is 0. The van der Waals surface area contributed by atoms with Crippen molar-refractivity contribution in [3.05, 3.63) is 12.2 Å². The van der Waals surface area contributed by atoms with Crippen molar-refractivity contribution < 1.29 is 30.0 Å². The number of carbonyl (C=O) groups is 2. The van der Waals surface area contributed by atoms with Crippen molar-refractivity contribution >= 4 is 11.8 Å². The number of hydrogen-bond donors (Lipinski definition) is 5. The Labute approximate surface area is 168 Å². The monoisotopic (exact) mass is 401 g/mol. The standard InChI is InChI=1S/C21H39NO6/c1-2-3-4-10-13-17(24)14-11-8-6-5-7-9-12-15-18(25)19(26)21(22,16-23)20(27)28/h9,12,18-19,23,25-26H,2-8,10-11,13-16,22H2,1H3,(H,27,28)/t18-,19+,21+/m1/s1. The van der Waals surface area contributed by atoms with E-state index in [2.05, 4.69) is 6.92 Å². The molecule has 0 aromatic carbocycles. The molecule has 0 aliphatic carbocycles. The quantitative estimate of drug-likeness (QED) is 0.175. The van der Waals surface area contributed by atoms with Gasteiger partial charge in [0, 0.05) is 12.8 Å². The molecule has 6 N–H and O–H groups in total. The molecular weight excluding hydrogens is 362 g/mol. The van der Waals surface area contributed by atoms with E-state index in [-0.39, 0.29) is 6.42 Å². The molecule has 0 saturated heterocycles. The molecule has 0 unspecified atom stereocenters. The highest BCUT2D eigenvalue weighted by molar-refractivity contribution is 5.79. The SMILES string of the molecule is CCCCCCC(=O)CCCCCCC=CC[C@@H](O)[C@H](O)[C@@](N)(CO)C(=O)O. The lowest BCUT2D eigenvalue weighted by atomic mass is 9.89. The van der Waals surface area contributed by atoms with Crippen molar-refractivity contribution in [2.45, 2.75) is 102 Å². The highest BCUT2D eigenvalue weighted by Crippen LogP contribution is 2.15. The molecule has 0 rings (SSSR count). The molecular formula is C21H39NO6. The average Bonchev–Trinajstić information content (AvgIpc) is 2.68. The van der Waals surface area contributed by atoms with Gasteiger partial charge in [-0.05, 0) is 32.1 Å². The Morgan fingerprint density at radius 3 is 2.07 bits per heavy atom. The largest absolute Gasteiger partial charge is 0.480 e. The molecule has 0 radical (unpaired) electrons. The van der Waals surface area contributed by atoms with Gasteiger partial charge < -0.3 is 26.2 Å². The van der Waals surface area contributed by atoms with E-state index in [4.69, 9.17) is 15.9 Å². The smallest absolute Gasteiger partial charge is 0.328 e. The molecule has 3 atom stereocenters. The lowest BCUT2D eigenvalue weighted by Crippen LogP contribution is -2.63. The van der Waals surface area contributed by atoms with E-state index in [9.17, 15) is 19.8 Å². The Balaban J connectivity index is 3.80. The molecule has 0 saturated carbocycles. The van der Waals surface area contributed by atoms with Crippen LogP contribution in [0.5, 0.6) is 0 Å². The molecule has 0 amide bonds. The van der Waals surface area contributed by atoms with Gasteiger partial charge in [-0.3, -0.25) is 9.59 Å². The van der Waals surface area contributed by atoms with Crippen LogP contribution in [0.3, 0.4) is 0 Å². The highest BCUT2D eigenvalue weighted by atomic mass is 16.4. The molecule has 7 heteroatoms. The van der Waals surface area contributed by atoms with Crippen LogP contribution in [0.25, 0.3) is 0 Å². The molecule has 7 nitrogen and oxygen atoms in total. The second-order valence-electron chi connectivity index (χ2n) is 7.53. The summed E-state index contributed by atoms with van der Waals surface area (Å²) in [5, 5.41) is 37.8. The van der Waals surface area contributed by atoms with Gasteiger partial charge in [-0.2, -0.15) is 0 Å². The van der Waals surface area contributed by atoms with Crippen LogP contribution < -0.4 is 5.73 Å². The van der Waals surface area contributed by atoms with Crippen LogP contribution in [0.4, 0.5) is 0 Å². The number of aliphatic hydroxyl groups excluding tert-OH is 3. The maximum absolute atomic E-state index is 11.7. The van der Waals surface area contributed by atoms with Gasteiger partial charge in [0.1, 0.15) is 11.9 Å². The van der Waals surface area contributed by atoms with E-state index in [1.807, 2.05) is 6.08 Å². The van der Waals surface area contributed by atoms with Crippen LogP contribution in [-0.4, -0.2) is 56.5 Å². The first-order chi connectivity index (χ1) is 13.3. The topological polar surface area (TPSA) is 141 Å². The van der Waals surface area contributed by atoms with Crippen LogP contribution in [0, 0.1) is 0 Å². The third-order valence-corrected chi connectivity index (χ3v) is 4.98. The second kappa shape index (κ2) is 15.6. The van der Waals surface area contributed by atoms with Crippen molar-refractivity contribution in [3.63, 3.8) is 0 Å². The predicted molar refractivity (Wildman–Crippen MR) is 109 cm³/mol. The molecule has 0 fully saturated rings. The summed E-state index contributed by atoms with van der Waals surface area (Å²) in [6.07, 6.45) is 11.1. The number of allylic oxidation sites excluding steroid dienone is 1. The van der Waals surface area contributed by atoms with Gasteiger partial charge in [0.25, 0.3) is 0 Å². The minimum absolute atomic E-state index is 0.0555. The number of hydrogen-bond acceptors (Lipinski definition) is 6. The van der Waals surface area contributed by atoms with E-state index in [0.717, 1.165) is 44.9 Å². The Hall–Kier alpha value is -1.28. The summed E-state index contributed by atoms with van der Waals surface area (Å²) in [5.41, 5.74) is 3.16. The van der Waals surface area contributed by atoms with Crippen LogP contribution >= 0.6 is 0 Å². The third-order valence-electron chi connectivity index (χ3n) is 4.98. The minimum Gasteiger partial charge on any atom is -0.480 e. The fraction of sp³-hybridized carbons (Fsp3) is 0.810. The maximum Gasteiger partial charge on any atom is 0.328 e. The zero-order valence-corrected chi connectivity index (χ0v) is 17.2. The minimum atomic E-state index is -2.28. The molecule has 164 valence electrons. The molecule has 0 spiro atoms. The van der Waals surface area contributed by atoms with Gasteiger partial charge in [0.2, 0.25) is 0 Å². The number of rotatable bonds is 18. The summed E-state index contributed by atoms with van der Waals surface area (Å²) in [6, 6.07) is 0. The third kappa shape index (κ3) is 10.9. The molecule has 0 bridgehead atoms. The summed E-state index contributed by atoms with van der Waals surface area (Å²) in [6.45, 7) is 1.19. The Morgan fingerprint density at radius 2 is 1.54 bits per heavy atom. The number of Topliss-reactive ketones (excluding diaryl/α,β-unsaturated/α-hetero) is 1. The average molecular weight is 402 g/mol. The van der Waals surface area contributed by atoms with Crippen LogP contribution in [0.15, 0.2) is 12.2 Å². The maximum atomic E-state index is 11.7. The first kappa shape index (κ1) is 26.7. The molecule has 0 aromatic rings. The first-order valence-corrected chi connectivity index (χ1v) is 10.5. The molecule has 0 heterocycles. The summed E-state index contributed by atoms with van der Waals surface area (Å²) in [5.74, 6) is -1.20. The van der Waals surface area contributed by atoms with Crippen LogP contribution in [0.2, 0.25) is 0 Å². The number of ketones is 1. The zero-order chi connectivity index (χ0) is 21.4. The van der Waals surface area contributed by atoms with E-state index in [1.54, 1.807) is 6.08 Å². The van der Waals surface area contributed by atoms with E-state index < -0.39 is 30.3 Å². The fourth-order valence-corrected chi connectivity index (χ4v) is 2.93. The van der Waals surface area contributed by atoms with Crippen molar-refractivity contribution in [2.24, 2.45) is 5.73 Å². The molecule has 0 aliphatic heterocycles. The van der Waals surface area contributed by atoms with Crippen molar-refractivity contribution in [2.75, 3.05) is 6.61 Å². The van der Waals surface area contributed by atoms with Crippen LogP contribution in [-0.2, 0) is 9.59 Å². The zero-order valence-electron chi connectivity index (χ0n) is 17.2. The van der Waals surface area contributed by atoms with Crippen LogP contribution in [0.1, 0.15) is 84.0 Å². The molecule has 28 heavy (non-hydrogen) atoms. The van der Waals surface area contributed by atoms with Gasteiger partial charge in [0.05, 0.1) is 12.7 Å². The Kier molecular flexibility index (Phi) is 14.9. The molecule has 0 aliphatic rings. The van der Waals surface area contributed by atoms with Crippen molar-refractivity contribution in [1.82, 2.24) is 0 Å². The van der Waals surface area contributed by atoms with Gasteiger partial charge in [-0.25, -0.2) is 0 Å². The van der Waals surface area contributed by atoms with E-state index in [0.29, 0.717) is 18.6 Å². The number of unbranched alkanes of at least 4 members (excludes halogenated alkanes) is 7. The highest BCUT2D eigenvalue weighted by Gasteiger charge is 2.44. The van der Waals surface area contributed by atoms with Gasteiger partial charge >= 0.3 is 5.97 Å². The van der Waals surface area contributed by atoms with Gasteiger partial charge in [-0.15, -0.1) is 0 Å². The number of nitrogens with two attached hydrogens (primary N) is 1. The second-order valence-corrected chi connectivity index (χ2v) is 7.53. The first-order valence-electron chi connectivity index (χ1n) is 10.5. The lowest BCUT2D eigenvalue weighted by molar-refractivity contribution is -0.155. The number of carboxylic acid groups (broad SMARTS) is 1. The van der Waals surface area contributed by atoms with Gasteiger partial charge in [-0.1, -0.05) is 51.2 Å². The Bertz CT molecular complexity index is 468. The van der Waals surface area contributed by atoms with Gasteiger partial charge in [0.15, 0.2) is 5.54 Å². The van der Waals surface area contributed by atoms with Crippen molar-refractivity contribution in [3.8, 4) is 0 Å². The number of carboxylic acids is 1. The Morgan fingerprint density at radius 1 is 0.964 bits per heavy atom. The summed E-state index contributed by atoms with van der Waals surface area (Å²) < 4.78 is 0. The molecule has 0 aromatic heterocycles. The fourth-order valence-electron chi connectivity index (χ4n) is 2.93. The summed E-state index contributed by atoms with van der Waals surface area (Å²) >= 11 is 0. The predicted octanol–water partition coefficient (Wildman–Crippen LogP) is 2.31. The lowest BCUT2D eigenvalue weighted by Gasteiger charge is -2.30. The normalized spacial score (nSPS) is 16.0.